The number of aromatic nitrogens is 1. The van der Waals surface area contributed by atoms with E-state index < -0.39 is 5.82 Å². The van der Waals surface area contributed by atoms with Gasteiger partial charge in [0.05, 0.1) is 17.0 Å². The van der Waals surface area contributed by atoms with Crippen LogP contribution in [0, 0.1) is 5.82 Å². The minimum atomic E-state index is -0.469. The van der Waals surface area contributed by atoms with Crippen LogP contribution in [0.5, 0.6) is 0 Å². The van der Waals surface area contributed by atoms with Crippen LogP contribution in [0.15, 0.2) is 46.7 Å². The second-order valence-corrected chi connectivity index (χ2v) is 5.55. The van der Waals surface area contributed by atoms with Gasteiger partial charge in [0.25, 0.3) is 5.56 Å². The van der Waals surface area contributed by atoms with Gasteiger partial charge in [0.15, 0.2) is 0 Å². The second kappa shape index (κ2) is 4.79. The van der Waals surface area contributed by atoms with Crippen LogP contribution in [0.25, 0.3) is 10.1 Å². The molecule has 0 bridgehead atoms. The second-order valence-electron chi connectivity index (χ2n) is 4.20. The van der Waals surface area contributed by atoms with E-state index >= 15 is 0 Å². The van der Waals surface area contributed by atoms with Gasteiger partial charge in [-0.3, -0.25) is 4.79 Å². The summed E-state index contributed by atoms with van der Waals surface area (Å²) in [7, 11) is 0. The lowest BCUT2D eigenvalue weighted by molar-refractivity contribution is 0.623. The fourth-order valence-corrected chi connectivity index (χ4v) is 2.86. The molecule has 3 rings (SSSR count). The van der Waals surface area contributed by atoms with Gasteiger partial charge >= 0.3 is 0 Å². The minimum absolute atomic E-state index is 0.0610. The summed E-state index contributed by atoms with van der Waals surface area (Å²) >= 11 is 7.17. The monoisotopic (exact) mass is 293 g/mol. The zero-order valence-corrected chi connectivity index (χ0v) is 11.3. The first-order valence-corrected chi connectivity index (χ1v) is 6.91. The number of halogens is 2. The molecular weight excluding hydrogens is 285 g/mol. The van der Waals surface area contributed by atoms with E-state index in [2.05, 4.69) is 0 Å². The smallest absolute Gasteiger partial charge is 0.259 e. The molecule has 0 unspecified atom stereocenters. The summed E-state index contributed by atoms with van der Waals surface area (Å²) in [5.41, 5.74) is 0.646. The van der Waals surface area contributed by atoms with Crippen LogP contribution in [0.1, 0.15) is 5.56 Å². The summed E-state index contributed by atoms with van der Waals surface area (Å²) in [6.07, 6.45) is 1.73. The van der Waals surface area contributed by atoms with Crippen LogP contribution < -0.4 is 5.56 Å². The number of rotatable bonds is 2. The van der Waals surface area contributed by atoms with Crippen LogP contribution in [-0.4, -0.2) is 4.57 Å². The Morgan fingerprint density at radius 2 is 2.11 bits per heavy atom. The Morgan fingerprint density at radius 1 is 1.26 bits per heavy atom. The lowest BCUT2D eigenvalue weighted by Crippen LogP contribution is -2.19. The van der Waals surface area contributed by atoms with Gasteiger partial charge in [-0.05, 0) is 35.2 Å². The third kappa shape index (κ3) is 2.29. The number of hydrogen-bond donors (Lipinski definition) is 0. The molecule has 0 saturated carbocycles. The SMILES string of the molecule is O=c1c2ccsc2ccn1Cc1ccc(Cl)c(F)c1. The van der Waals surface area contributed by atoms with Crippen molar-refractivity contribution in [1.29, 1.82) is 0 Å². The van der Waals surface area contributed by atoms with E-state index in [1.807, 2.05) is 11.4 Å². The predicted molar refractivity (Wildman–Crippen MR) is 76.6 cm³/mol. The van der Waals surface area contributed by atoms with Crippen LogP contribution in [0.3, 0.4) is 0 Å². The van der Waals surface area contributed by atoms with Gasteiger partial charge < -0.3 is 4.57 Å². The Labute approximate surface area is 117 Å². The van der Waals surface area contributed by atoms with Crippen LogP contribution >= 0.6 is 22.9 Å². The quantitative estimate of drug-likeness (QED) is 0.702. The molecule has 5 heteroatoms. The highest BCUT2D eigenvalue weighted by Gasteiger charge is 2.06. The molecule has 0 fully saturated rings. The van der Waals surface area contributed by atoms with Crippen molar-refractivity contribution in [3.8, 4) is 0 Å². The summed E-state index contributed by atoms with van der Waals surface area (Å²) in [5.74, 6) is -0.469. The van der Waals surface area contributed by atoms with Gasteiger partial charge in [-0.2, -0.15) is 0 Å². The van der Waals surface area contributed by atoms with E-state index in [0.717, 1.165) is 4.70 Å². The maximum atomic E-state index is 13.4. The highest BCUT2D eigenvalue weighted by molar-refractivity contribution is 7.17. The standard InChI is InChI=1S/C14H9ClFNOS/c15-11-2-1-9(7-12(11)16)8-17-5-3-13-10(14(17)18)4-6-19-13/h1-7H,8H2. The Kier molecular flexibility index (Phi) is 3.12. The molecule has 3 aromatic rings. The lowest BCUT2D eigenvalue weighted by atomic mass is 10.2. The molecule has 96 valence electrons. The fourth-order valence-electron chi connectivity index (χ4n) is 1.97. The normalized spacial score (nSPS) is 11.1. The number of pyridine rings is 1. The van der Waals surface area contributed by atoms with Crippen LogP contribution in [-0.2, 0) is 6.54 Å². The first-order chi connectivity index (χ1) is 9.15. The van der Waals surface area contributed by atoms with Gasteiger partial charge in [-0.25, -0.2) is 4.39 Å². The Balaban J connectivity index is 2.03. The van der Waals surface area contributed by atoms with Gasteiger partial charge in [-0.1, -0.05) is 17.7 Å². The predicted octanol–water partition coefficient (Wildman–Crippen LogP) is 3.90. The van der Waals surface area contributed by atoms with Crippen molar-refractivity contribution in [2.24, 2.45) is 0 Å². The molecule has 0 aliphatic heterocycles. The molecular formula is C14H9ClFNOS. The molecule has 2 heterocycles. The Bertz CT molecular complexity index is 809. The van der Waals surface area contributed by atoms with E-state index in [9.17, 15) is 9.18 Å². The highest BCUT2D eigenvalue weighted by Crippen LogP contribution is 2.18. The van der Waals surface area contributed by atoms with Crippen molar-refractivity contribution < 1.29 is 4.39 Å². The van der Waals surface area contributed by atoms with Crippen molar-refractivity contribution >= 4 is 33.0 Å². The Morgan fingerprint density at radius 3 is 2.89 bits per heavy atom. The molecule has 0 N–H and O–H groups in total. The first-order valence-electron chi connectivity index (χ1n) is 5.66. The molecule has 0 radical (unpaired) electrons. The summed E-state index contributed by atoms with van der Waals surface area (Å²) in [6.45, 7) is 0.332. The van der Waals surface area contributed by atoms with Crippen LogP contribution in [0.4, 0.5) is 4.39 Å². The van der Waals surface area contributed by atoms with Gasteiger partial charge in [0.1, 0.15) is 5.82 Å². The highest BCUT2D eigenvalue weighted by atomic mass is 35.5. The van der Waals surface area contributed by atoms with E-state index in [-0.39, 0.29) is 10.6 Å². The summed E-state index contributed by atoms with van der Waals surface area (Å²) in [4.78, 5) is 12.2. The number of benzene rings is 1. The van der Waals surface area contributed by atoms with Crippen molar-refractivity contribution in [2.75, 3.05) is 0 Å². The molecule has 0 saturated heterocycles. The van der Waals surface area contributed by atoms with E-state index in [1.165, 1.54) is 23.5 Å². The Hall–Kier alpha value is -1.65. The van der Waals surface area contributed by atoms with Crippen molar-refractivity contribution in [1.82, 2.24) is 4.57 Å². The first kappa shape index (κ1) is 12.4. The van der Waals surface area contributed by atoms with Gasteiger partial charge in [0.2, 0.25) is 0 Å². The number of nitrogens with zero attached hydrogens (tertiary/aromatic N) is 1. The molecule has 0 atom stereocenters. The van der Waals surface area contributed by atoms with Crippen molar-refractivity contribution in [3.05, 3.63) is 68.7 Å². The lowest BCUT2D eigenvalue weighted by Gasteiger charge is -2.06. The summed E-state index contributed by atoms with van der Waals surface area (Å²) in [6, 6.07) is 8.28. The number of fused-ring (bicyclic) bond motifs is 1. The van der Waals surface area contributed by atoms with Crippen molar-refractivity contribution in [3.63, 3.8) is 0 Å². The maximum Gasteiger partial charge on any atom is 0.259 e. The third-order valence-electron chi connectivity index (χ3n) is 2.93. The molecule has 0 aliphatic rings. The van der Waals surface area contributed by atoms with Crippen LogP contribution in [0.2, 0.25) is 5.02 Å². The molecule has 19 heavy (non-hydrogen) atoms. The van der Waals surface area contributed by atoms with E-state index in [1.54, 1.807) is 22.9 Å². The number of thiophene rings is 1. The molecule has 2 aromatic heterocycles. The van der Waals surface area contributed by atoms with Gasteiger partial charge in [-0.15, -0.1) is 11.3 Å². The molecule has 0 aliphatic carbocycles. The summed E-state index contributed by atoms with van der Waals surface area (Å²) < 4.78 is 15.9. The molecule has 0 amide bonds. The van der Waals surface area contributed by atoms with Crippen molar-refractivity contribution in [2.45, 2.75) is 6.54 Å². The molecule has 1 aromatic carbocycles. The topological polar surface area (TPSA) is 22.0 Å². The minimum Gasteiger partial charge on any atom is -0.311 e. The maximum absolute atomic E-state index is 13.4. The molecule has 2 nitrogen and oxygen atoms in total. The average Bonchev–Trinajstić information content (AvgIpc) is 2.86. The zero-order chi connectivity index (χ0) is 13.4. The average molecular weight is 294 g/mol. The zero-order valence-electron chi connectivity index (χ0n) is 9.77. The van der Waals surface area contributed by atoms with E-state index in [0.29, 0.717) is 17.5 Å². The van der Waals surface area contributed by atoms with E-state index in [4.69, 9.17) is 11.6 Å². The number of hydrogen-bond acceptors (Lipinski definition) is 2. The van der Waals surface area contributed by atoms with Gasteiger partial charge in [0, 0.05) is 10.9 Å². The largest absolute Gasteiger partial charge is 0.311 e. The molecule has 0 spiro atoms. The third-order valence-corrected chi connectivity index (χ3v) is 4.12. The summed E-state index contributed by atoms with van der Waals surface area (Å²) in [5, 5.41) is 2.67. The fraction of sp³-hybridized carbons (Fsp3) is 0.0714.